The van der Waals surface area contributed by atoms with Crippen LogP contribution in [0.3, 0.4) is 0 Å². The highest BCUT2D eigenvalue weighted by molar-refractivity contribution is 5.82. The Bertz CT molecular complexity index is 671. The van der Waals surface area contributed by atoms with E-state index in [1.165, 1.54) is 0 Å². The SMILES string of the molecule is N#CC1(C2(c3coc4ccccc34)COC2)CCC1. The van der Waals surface area contributed by atoms with Crippen molar-refractivity contribution in [3.05, 3.63) is 36.1 Å². The normalized spacial score (nSPS) is 23.3. The summed E-state index contributed by atoms with van der Waals surface area (Å²) in [6.45, 7) is 1.29. The van der Waals surface area contributed by atoms with Gasteiger partial charge in [-0.15, -0.1) is 0 Å². The fourth-order valence-corrected chi connectivity index (χ4v) is 3.57. The van der Waals surface area contributed by atoms with Gasteiger partial charge < -0.3 is 9.15 Å². The summed E-state index contributed by atoms with van der Waals surface area (Å²) in [4.78, 5) is 0. The van der Waals surface area contributed by atoms with Gasteiger partial charge in [-0.25, -0.2) is 0 Å². The Labute approximate surface area is 111 Å². The summed E-state index contributed by atoms with van der Waals surface area (Å²) in [6, 6.07) is 10.6. The quantitative estimate of drug-likeness (QED) is 0.824. The molecule has 4 rings (SSSR count). The minimum absolute atomic E-state index is 0.160. The zero-order valence-corrected chi connectivity index (χ0v) is 10.7. The summed E-state index contributed by atoms with van der Waals surface area (Å²) in [5.74, 6) is 0. The van der Waals surface area contributed by atoms with Crippen LogP contribution in [0.5, 0.6) is 0 Å². The van der Waals surface area contributed by atoms with Crippen LogP contribution < -0.4 is 0 Å². The highest BCUT2D eigenvalue weighted by Crippen LogP contribution is 2.59. The first-order chi connectivity index (χ1) is 9.31. The molecule has 0 atom stereocenters. The van der Waals surface area contributed by atoms with Gasteiger partial charge in [-0.05, 0) is 18.9 Å². The topological polar surface area (TPSA) is 46.2 Å². The van der Waals surface area contributed by atoms with E-state index in [4.69, 9.17) is 9.15 Å². The van der Waals surface area contributed by atoms with Crippen LogP contribution in [0.4, 0.5) is 0 Å². The molecule has 1 saturated carbocycles. The van der Waals surface area contributed by atoms with Gasteiger partial charge in [0, 0.05) is 10.9 Å². The summed E-state index contributed by atoms with van der Waals surface area (Å²) in [6.07, 6.45) is 4.94. The summed E-state index contributed by atoms with van der Waals surface area (Å²) in [5, 5.41) is 10.8. The monoisotopic (exact) mass is 253 g/mol. The van der Waals surface area contributed by atoms with E-state index < -0.39 is 0 Å². The van der Waals surface area contributed by atoms with Crippen molar-refractivity contribution in [3.63, 3.8) is 0 Å². The number of hydrogen-bond acceptors (Lipinski definition) is 3. The number of para-hydroxylation sites is 1. The Balaban J connectivity index is 1.92. The molecule has 1 aliphatic heterocycles. The number of ether oxygens (including phenoxy) is 1. The van der Waals surface area contributed by atoms with E-state index in [1.54, 1.807) is 0 Å². The first kappa shape index (κ1) is 11.1. The van der Waals surface area contributed by atoms with Gasteiger partial charge in [-0.1, -0.05) is 24.6 Å². The molecular weight excluding hydrogens is 238 g/mol. The van der Waals surface area contributed by atoms with Crippen molar-refractivity contribution >= 4 is 11.0 Å². The standard InChI is InChI=1S/C16H15NO2/c17-9-15(6-3-7-15)16(10-18-11-16)13-8-19-14-5-2-1-4-12(13)14/h1-2,4-5,8H,3,6-7,10-11H2. The average molecular weight is 253 g/mol. The Morgan fingerprint density at radius 3 is 2.53 bits per heavy atom. The Kier molecular flexibility index (Phi) is 2.11. The van der Waals surface area contributed by atoms with E-state index in [1.807, 2.05) is 24.5 Å². The number of nitrogens with zero attached hydrogens (tertiary/aromatic N) is 1. The molecule has 2 aromatic rings. The molecule has 0 amide bonds. The summed E-state index contributed by atoms with van der Waals surface area (Å²) >= 11 is 0. The Morgan fingerprint density at radius 1 is 1.16 bits per heavy atom. The predicted molar refractivity (Wildman–Crippen MR) is 70.6 cm³/mol. The number of furan rings is 1. The van der Waals surface area contributed by atoms with Gasteiger partial charge in [0.25, 0.3) is 0 Å². The third-order valence-electron chi connectivity index (χ3n) is 5.03. The molecule has 0 radical (unpaired) electrons. The van der Waals surface area contributed by atoms with E-state index in [9.17, 15) is 5.26 Å². The second kappa shape index (κ2) is 3.61. The Morgan fingerprint density at radius 2 is 1.95 bits per heavy atom. The van der Waals surface area contributed by atoms with Crippen molar-refractivity contribution in [3.8, 4) is 6.07 Å². The first-order valence-corrected chi connectivity index (χ1v) is 6.77. The second-order valence-corrected chi connectivity index (χ2v) is 5.77. The van der Waals surface area contributed by atoms with Crippen LogP contribution in [0.25, 0.3) is 11.0 Å². The van der Waals surface area contributed by atoms with E-state index in [0.717, 1.165) is 35.8 Å². The van der Waals surface area contributed by atoms with Crippen LogP contribution in [0.15, 0.2) is 34.9 Å². The van der Waals surface area contributed by atoms with Gasteiger partial charge in [-0.2, -0.15) is 5.26 Å². The van der Waals surface area contributed by atoms with Crippen LogP contribution in [-0.4, -0.2) is 13.2 Å². The Hall–Kier alpha value is -1.79. The fraction of sp³-hybridized carbons (Fsp3) is 0.438. The summed E-state index contributed by atoms with van der Waals surface area (Å²) in [7, 11) is 0. The van der Waals surface area contributed by atoms with Gasteiger partial charge >= 0.3 is 0 Å². The van der Waals surface area contributed by atoms with Crippen molar-refractivity contribution in [2.75, 3.05) is 13.2 Å². The molecule has 3 heteroatoms. The number of fused-ring (bicyclic) bond motifs is 1. The van der Waals surface area contributed by atoms with Gasteiger partial charge in [0.05, 0.1) is 36.4 Å². The molecule has 0 spiro atoms. The molecule has 1 saturated heterocycles. The average Bonchev–Trinajstić information content (AvgIpc) is 2.75. The second-order valence-electron chi connectivity index (χ2n) is 5.77. The van der Waals surface area contributed by atoms with E-state index in [2.05, 4.69) is 12.1 Å². The highest BCUT2D eigenvalue weighted by atomic mass is 16.5. The molecule has 1 aliphatic carbocycles. The maximum atomic E-state index is 9.67. The maximum Gasteiger partial charge on any atom is 0.134 e. The number of nitriles is 1. The lowest BCUT2D eigenvalue weighted by molar-refractivity contribution is -0.134. The molecule has 2 heterocycles. The van der Waals surface area contributed by atoms with Crippen LogP contribution in [-0.2, 0) is 10.2 Å². The van der Waals surface area contributed by atoms with Crippen LogP contribution in [0.2, 0.25) is 0 Å². The van der Waals surface area contributed by atoms with Crippen molar-refractivity contribution < 1.29 is 9.15 Å². The molecule has 2 aliphatic rings. The zero-order chi connectivity index (χ0) is 12.9. The van der Waals surface area contributed by atoms with E-state index in [0.29, 0.717) is 13.2 Å². The van der Waals surface area contributed by atoms with Gasteiger partial charge in [0.2, 0.25) is 0 Å². The maximum absolute atomic E-state index is 9.67. The minimum atomic E-state index is -0.252. The van der Waals surface area contributed by atoms with Crippen molar-refractivity contribution in [1.29, 1.82) is 5.26 Å². The first-order valence-electron chi connectivity index (χ1n) is 6.77. The zero-order valence-electron chi connectivity index (χ0n) is 10.7. The van der Waals surface area contributed by atoms with E-state index >= 15 is 0 Å². The van der Waals surface area contributed by atoms with Gasteiger partial charge in [-0.3, -0.25) is 0 Å². The smallest absolute Gasteiger partial charge is 0.134 e. The third-order valence-corrected chi connectivity index (χ3v) is 5.03. The molecule has 2 fully saturated rings. The fourth-order valence-electron chi connectivity index (χ4n) is 3.57. The number of hydrogen-bond donors (Lipinski definition) is 0. The molecule has 96 valence electrons. The van der Waals surface area contributed by atoms with Crippen LogP contribution in [0.1, 0.15) is 24.8 Å². The van der Waals surface area contributed by atoms with E-state index in [-0.39, 0.29) is 10.8 Å². The molecule has 0 N–H and O–H groups in total. The number of rotatable bonds is 2. The molecule has 1 aromatic carbocycles. The van der Waals surface area contributed by atoms with Gasteiger partial charge in [0.15, 0.2) is 0 Å². The van der Waals surface area contributed by atoms with Crippen molar-refractivity contribution in [1.82, 2.24) is 0 Å². The van der Waals surface area contributed by atoms with Crippen LogP contribution in [0, 0.1) is 16.7 Å². The summed E-state index contributed by atoms with van der Waals surface area (Å²) < 4.78 is 11.2. The largest absolute Gasteiger partial charge is 0.464 e. The lowest BCUT2D eigenvalue weighted by Crippen LogP contribution is -2.61. The van der Waals surface area contributed by atoms with Crippen LogP contribution >= 0.6 is 0 Å². The molecule has 0 bridgehead atoms. The molecule has 0 unspecified atom stereocenters. The molecule has 1 aromatic heterocycles. The van der Waals surface area contributed by atoms with Crippen molar-refractivity contribution in [2.24, 2.45) is 5.41 Å². The van der Waals surface area contributed by atoms with Gasteiger partial charge in [0.1, 0.15) is 5.58 Å². The molecule has 3 nitrogen and oxygen atoms in total. The third kappa shape index (κ3) is 1.20. The minimum Gasteiger partial charge on any atom is -0.464 e. The molecule has 19 heavy (non-hydrogen) atoms. The lowest BCUT2D eigenvalue weighted by Gasteiger charge is -2.56. The number of benzene rings is 1. The predicted octanol–water partition coefficient (Wildman–Crippen LogP) is 3.39. The molecular formula is C16H15NO2. The van der Waals surface area contributed by atoms with Crippen molar-refractivity contribution in [2.45, 2.75) is 24.7 Å². The summed E-state index contributed by atoms with van der Waals surface area (Å²) in [5.41, 5.74) is 1.65. The highest BCUT2D eigenvalue weighted by Gasteiger charge is 2.61. The lowest BCUT2D eigenvalue weighted by atomic mass is 9.50.